The van der Waals surface area contributed by atoms with E-state index in [0.29, 0.717) is 50.3 Å². The second kappa shape index (κ2) is 11.2. The predicted octanol–water partition coefficient (Wildman–Crippen LogP) is 7.15. The minimum Gasteiger partial charge on any atom is -0.450 e. The number of anilines is 1. The number of allylic oxidation sites excluding steroid dienone is 2. The van der Waals surface area contributed by atoms with Crippen molar-refractivity contribution in [2.75, 3.05) is 10.8 Å². The van der Waals surface area contributed by atoms with Crippen LogP contribution in [0.1, 0.15) is 33.6 Å². The first kappa shape index (κ1) is 29.1. The number of hydrogen-bond donors (Lipinski definition) is 0. The number of esters is 1. The van der Waals surface area contributed by atoms with Gasteiger partial charge in [-0.1, -0.05) is 54.1 Å². The summed E-state index contributed by atoms with van der Waals surface area (Å²) in [4.78, 5) is 60.2. The Hall–Kier alpha value is -4.33. The van der Waals surface area contributed by atoms with Gasteiger partial charge in [-0.15, -0.1) is 11.6 Å². The molecule has 7 unspecified atom stereocenters. The molecule has 2 bridgehead atoms. The third-order valence-corrected chi connectivity index (χ3v) is 10.5. The monoisotopic (exact) mass is 650 g/mol. The molecule has 46 heavy (non-hydrogen) atoms. The summed E-state index contributed by atoms with van der Waals surface area (Å²) in [5, 5.41) is 1.07. The topological polar surface area (TPSA) is 93.6 Å². The molecular weight excluding hydrogens is 623 g/mol. The number of rotatable bonds is 8. The Morgan fingerprint density at radius 3 is 2.20 bits per heavy atom. The van der Waals surface area contributed by atoms with Crippen LogP contribution in [0.5, 0.6) is 0 Å². The van der Waals surface area contributed by atoms with Gasteiger partial charge in [0.2, 0.25) is 17.6 Å². The first-order valence-corrected chi connectivity index (χ1v) is 16.4. The number of imide groups is 1. The van der Waals surface area contributed by atoms with Crippen molar-refractivity contribution in [2.24, 2.45) is 35.5 Å². The van der Waals surface area contributed by atoms with E-state index >= 15 is 0 Å². The van der Waals surface area contributed by atoms with Crippen molar-refractivity contribution in [3.63, 3.8) is 0 Å². The summed E-state index contributed by atoms with van der Waals surface area (Å²) in [5.41, 5.74) is 2.92. The lowest BCUT2D eigenvalue weighted by Gasteiger charge is -2.37. The van der Waals surface area contributed by atoms with Gasteiger partial charge in [0.15, 0.2) is 6.10 Å². The number of alkyl halides is 1. The Kier molecular flexibility index (Phi) is 7.07. The first-order chi connectivity index (χ1) is 22.3. The summed E-state index contributed by atoms with van der Waals surface area (Å²) in [5.74, 6) is -0.287. The Balaban J connectivity index is 1.08. The van der Waals surface area contributed by atoms with Crippen LogP contribution in [-0.4, -0.2) is 40.5 Å². The second-order valence-corrected chi connectivity index (χ2v) is 13.3. The van der Waals surface area contributed by atoms with Crippen molar-refractivity contribution in [2.45, 2.75) is 18.9 Å². The van der Waals surface area contributed by atoms with Crippen LogP contribution in [0.25, 0.3) is 22.2 Å². The summed E-state index contributed by atoms with van der Waals surface area (Å²) in [7, 11) is 0. The summed E-state index contributed by atoms with van der Waals surface area (Å²) < 4.78 is 5.79. The van der Waals surface area contributed by atoms with Crippen LogP contribution in [0, 0.1) is 35.5 Å². The largest absolute Gasteiger partial charge is 0.450 e. The number of fused-ring (bicyclic) bond motifs is 1. The molecular formula is C37H28Cl2N2O5. The third kappa shape index (κ3) is 4.67. The third-order valence-electron chi connectivity index (χ3n) is 10.1. The van der Waals surface area contributed by atoms with Gasteiger partial charge in [-0.2, -0.15) is 0 Å². The van der Waals surface area contributed by atoms with Gasteiger partial charge in [0, 0.05) is 33.8 Å². The lowest BCUT2D eigenvalue weighted by molar-refractivity contribution is -0.124. The van der Waals surface area contributed by atoms with Gasteiger partial charge in [0.25, 0.3) is 0 Å². The van der Waals surface area contributed by atoms with E-state index in [1.807, 2.05) is 6.07 Å². The number of hydrogen-bond acceptors (Lipinski definition) is 6. The van der Waals surface area contributed by atoms with Gasteiger partial charge in [0.05, 0.1) is 34.3 Å². The second-order valence-electron chi connectivity index (χ2n) is 12.5. The van der Waals surface area contributed by atoms with E-state index in [1.165, 1.54) is 4.90 Å². The molecule has 230 valence electrons. The zero-order valence-corrected chi connectivity index (χ0v) is 26.0. The number of para-hydroxylation sites is 1. The number of ether oxygens (including phenoxy) is 1. The zero-order valence-electron chi connectivity index (χ0n) is 24.5. The molecule has 3 aromatic carbocycles. The average Bonchev–Trinajstić information content (AvgIpc) is 3.86. The van der Waals surface area contributed by atoms with Gasteiger partial charge >= 0.3 is 5.97 Å². The lowest BCUT2D eigenvalue weighted by atomic mass is 9.63. The molecule has 1 saturated heterocycles. The van der Waals surface area contributed by atoms with E-state index in [2.05, 4.69) is 12.2 Å². The first-order valence-electron chi connectivity index (χ1n) is 15.5. The summed E-state index contributed by atoms with van der Waals surface area (Å²) in [6, 6.07) is 22.4. The maximum Gasteiger partial charge on any atom is 0.339 e. The molecule has 1 aliphatic heterocycles. The molecule has 4 aliphatic carbocycles. The number of aromatic nitrogens is 1. The highest BCUT2D eigenvalue weighted by atomic mass is 35.5. The fraction of sp³-hybridized carbons (Fsp3) is 0.270. The number of benzene rings is 3. The highest BCUT2D eigenvalue weighted by Crippen LogP contribution is 2.65. The number of halogens is 2. The van der Waals surface area contributed by atoms with E-state index in [9.17, 15) is 19.2 Å². The number of ketones is 1. The van der Waals surface area contributed by atoms with Gasteiger partial charge in [0.1, 0.15) is 0 Å². The fourth-order valence-corrected chi connectivity index (χ4v) is 8.14. The van der Waals surface area contributed by atoms with Gasteiger partial charge < -0.3 is 4.74 Å². The fourth-order valence-electron chi connectivity index (χ4n) is 7.82. The van der Waals surface area contributed by atoms with Gasteiger partial charge in [-0.25, -0.2) is 9.78 Å². The molecule has 1 aromatic heterocycles. The van der Waals surface area contributed by atoms with Crippen molar-refractivity contribution < 1.29 is 23.9 Å². The van der Waals surface area contributed by atoms with Crippen LogP contribution in [0.2, 0.25) is 5.02 Å². The molecule has 5 aliphatic rings. The van der Waals surface area contributed by atoms with Crippen LogP contribution < -0.4 is 4.90 Å². The summed E-state index contributed by atoms with van der Waals surface area (Å²) in [6.07, 6.45) is 4.50. The van der Waals surface area contributed by atoms with Gasteiger partial charge in [-0.05, 0) is 78.6 Å². The minimum absolute atomic E-state index is 0.110. The SMILES string of the molecule is O=C(OC(CCCl)C(=O)c1ccc(Cl)cc1)c1cc(-c2ccc(N3C(=O)C4C5C=CC(C6CC56)C4C3=O)cc2)nc2ccccc12. The number of Topliss-reactive ketones (excluding diaryl/α,β-unsaturated/α-hetero) is 1. The minimum atomic E-state index is -1.09. The molecule has 2 heterocycles. The van der Waals surface area contributed by atoms with Crippen LogP contribution >= 0.6 is 23.2 Å². The molecule has 0 radical (unpaired) electrons. The number of carbonyl (C=O) groups excluding carboxylic acids is 4. The van der Waals surface area contributed by atoms with Crippen molar-refractivity contribution in [3.8, 4) is 11.3 Å². The predicted molar refractivity (Wildman–Crippen MR) is 175 cm³/mol. The van der Waals surface area contributed by atoms with Gasteiger partial charge in [-0.3, -0.25) is 19.3 Å². The van der Waals surface area contributed by atoms with E-state index in [0.717, 1.165) is 6.42 Å². The van der Waals surface area contributed by atoms with E-state index in [4.69, 9.17) is 32.9 Å². The highest BCUT2D eigenvalue weighted by Gasteiger charge is 2.67. The Labute approximate surface area is 275 Å². The molecule has 3 fully saturated rings. The van der Waals surface area contributed by atoms with E-state index in [1.54, 1.807) is 72.8 Å². The Morgan fingerprint density at radius 1 is 0.891 bits per heavy atom. The molecule has 7 nitrogen and oxygen atoms in total. The van der Waals surface area contributed by atoms with Crippen molar-refractivity contribution >= 4 is 63.4 Å². The lowest BCUT2D eigenvalue weighted by Crippen LogP contribution is -2.40. The maximum absolute atomic E-state index is 13.7. The molecule has 7 atom stereocenters. The molecule has 9 heteroatoms. The van der Waals surface area contributed by atoms with Crippen LogP contribution in [0.15, 0.2) is 91.0 Å². The van der Waals surface area contributed by atoms with Crippen LogP contribution in [0.3, 0.4) is 0 Å². The number of pyridine rings is 1. The standard InChI is InChI=1S/C37H28Cl2N2O5/c38-16-15-31(34(42)20-5-9-21(39)10-6-20)46-37(45)28-18-30(40-29-4-2-1-3-23(28)29)19-7-11-22(12-8-19)41-35(43)32-24-13-14-25(27-17-26(24)27)33(32)36(41)44/h1-14,18,24-27,31-33H,15-17H2. The van der Waals surface area contributed by atoms with Crippen molar-refractivity contribution in [3.05, 3.63) is 107 Å². The Bertz CT molecular complexity index is 1920. The molecule has 4 aromatic rings. The van der Waals surface area contributed by atoms with Crippen LogP contribution in [-0.2, 0) is 14.3 Å². The molecule has 0 spiro atoms. The zero-order chi connectivity index (χ0) is 31.7. The number of nitrogens with zero attached hydrogens (tertiary/aromatic N) is 2. The normalized spacial score (nSPS) is 26.2. The smallest absolute Gasteiger partial charge is 0.339 e. The van der Waals surface area contributed by atoms with Crippen molar-refractivity contribution in [1.82, 2.24) is 4.98 Å². The quantitative estimate of drug-likeness (QED) is 0.0661. The maximum atomic E-state index is 13.7. The number of amides is 2. The summed E-state index contributed by atoms with van der Waals surface area (Å²) in [6.45, 7) is 0. The molecule has 2 saturated carbocycles. The van der Waals surface area contributed by atoms with Crippen LogP contribution in [0.4, 0.5) is 5.69 Å². The van der Waals surface area contributed by atoms with Crippen molar-refractivity contribution in [1.29, 1.82) is 0 Å². The van der Waals surface area contributed by atoms with E-state index < -0.39 is 12.1 Å². The highest BCUT2D eigenvalue weighted by molar-refractivity contribution is 6.30. The molecule has 2 amide bonds. The molecule has 0 N–H and O–H groups in total. The molecule has 9 rings (SSSR count). The average molecular weight is 652 g/mol. The summed E-state index contributed by atoms with van der Waals surface area (Å²) >= 11 is 12.0. The van der Waals surface area contributed by atoms with E-state index in [-0.39, 0.29) is 59.1 Å². The number of carbonyl (C=O) groups is 4. The Morgan fingerprint density at radius 2 is 1.54 bits per heavy atom.